The fourth-order valence-electron chi connectivity index (χ4n) is 4.16. The number of aromatic hydroxyl groups is 1. The number of imidazole rings is 1. The molecule has 1 aliphatic rings. The number of fused-ring (bicyclic) bond motifs is 1. The largest absolute Gasteiger partial charge is 0.505 e. The second-order valence-corrected chi connectivity index (χ2v) is 9.82. The summed E-state index contributed by atoms with van der Waals surface area (Å²) in [6.07, 6.45) is 1.71. The van der Waals surface area contributed by atoms with Crippen molar-refractivity contribution in [3.63, 3.8) is 0 Å². The third kappa shape index (κ3) is 3.56. The Labute approximate surface area is 211 Å². The van der Waals surface area contributed by atoms with Crippen LogP contribution < -0.4 is 9.64 Å². The van der Waals surface area contributed by atoms with Gasteiger partial charge in [-0.25, -0.2) is 4.98 Å². The zero-order chi connectivity index (χ0) is 25.0. The molecule has 0 saturated carbocycles. The first-order valence-electron chi connectivity index (χ1n) is 10.3. The van der Waals surface area contributed by atoms with E-state index >= 15 is 0 Å². The monoisotopic (exact) mass is 555 g/mol. The minimum Gasteiger partial charge on any atom is -0.505 e. The van der Waals surface area contributed by atoms with Crippen LogP contribution in [0.3, 0.4) is 0 Å². The van der Waals surface area contributed by atoms with Gasteiger partial charge in [-0.05, 0) is 59.6 Å². The number of aliphatic hydroxyl groups is 1. The molecule has 178 valence electrons. The first-order valence-corrected chi connectivity index (χ1v) is 12.0. The number of rotatable bonds is 4. The topological polar surface area (TPSA) is 130 Å². The number of aliphatic hydroxyl groups excluding tert-OH is 1. The van der Waals surface area contributed by atoms with Crippen molar-refractivity contribution in [2.75, 3.05) is 12.0 Å². The lowest BCUT2D eigenvalue weighted by Gasteiger charge is -2.23. The highest BCUT2D eigenvalue weighted by Crippen LogP contribution is 2.46. The second kappa shape index (κ2) is 8.47. The third-order valence-corrected chi connectivity index (χ3v) is 7.12. The molecule has 10 nitrogen and oxygen atoms in total. The van der Waals surface area contributed by atoms with E-state index < -0.39 is 17.7 Å². The minimum atomic E-state index is -1.07. The van der Waals surface area contributed by atoms with Crippen LogP contribution in [-0.4, -0.2) is 48.6 Å². The number of ketones is 1. The van der Waals surface area contributed by atoms with E-state index in [1.54, 1.807) is 42.6 Å². The maximum Gasteiger partial charge on any atom is 0.301 e. The SMILES string of the molecule is COc1cc(C2C(=C(O)c3c(C)nc4ccccn34)C(=O)C(=O)N2c2nnc(C)s2)cc(Br)c1O. The maximum atomic E-state index is 13.4. The van der Waals surface area contributed by atoms with Gasteiger partial charge in [0.15, 0.2) is 17.3 Å². The number of nitrogens with zero attached hydrogens (tertiary/aromatic N) is 5. The van der Waals surface area contributed by atoms with Gasteiger partial charge in [0.25, 0.3) is 5.78 Å². The van der Waals surface area contributed by atoms with E-state index in [1.807, 2.05) is 6.07 Å². The highest BCUT2D eigenvalue weighted by molar-refractivity contribution is 9.10. The van der Waals surface area contributed by atoms with Crippen molar-refractivity contribution >= 4 is 55.5 Å². The number of phenols is 1. The van der Waals surface area contributed by atoms with Crippen LogP contribution in [0, 0.1) is 13.8 Å². The van der Waals surface area contributed by atoms with Gasteiger partial charge in [-0.1, -0.05) is 17.4 Å². The molecule has 1 saturated heterocycles. The third-order valence-electron chi connectivity index (χ3n) is 5.68. The molecule has 1 unspecified atom stereocenters. The fraction of sp³-hybridized carbons (Fsp3) is 0.174. The number of aromatic nitrogens is 4. The summed E-state index contributed by atoms with van der Waals surface area (Å²) < 4.78 is 7.22. The predicted molar refractivity (Wildman–Crippen MR) is 132 cm³/mol. The average Bonchev–Trinajstić information content (AvgIpc) is 3.48. The number of phenolic OH excluding ortho intramolecular Hbond substituents is 1. The number of carbonyl (C=O) groups excluding carboxylic acids is 2. The number of pyridine rings is 1. The van der Waals surface area contributed by atoms with Crippen LogP contribution in [0.4, 0.5) is 5.13 Å². The Balaban J connectivity index is 1.82. The Morgan fingerprint density at radius 3 is 2.66 bits per heavy atom. The number of carbonyl (C=O) groups is 2. The molecule has 2 N–H and O–H groups in total. The van der Waals surface area contributed by atoms with Gasteiger partial charge in [0.2, 0.25) is 5.13 Å². The molecule has 4 aromatic rings. The number of aryl methyl sites for hydroxylation is 2. The Bertz CT molecular complexity index is 1560. The smallest absolute Gasteiger partial charge is 0.301 e. The first-order chi connectivity index (χ1) is 16.7. The Morgan fingerprint density at radius 2 is 1.97 bits per heavy atom. The van der Waals surface area contributed by atoms with E-state index in [0.717, 1.165) is 11.3 Å². The molecule has 1 atom stereocenters. The number of methoxy groups -OCH3 is 1. The average molecular weight is 556 g/mol. The summed E-state index contributed by atoms with van der Waals surface area (Å²) in [5.74, 6) is -2.13. The van der Waals surface area contributed by atoms with Crippen LogP contribution in [0.25, 0.3) is 11.4 Å². The molecule has 0 radical (unpaired) electrons. The lowest BCUT2D eigenvalue weighted by Crippen LogP contribution is -2.29. The van der Waals surface area contributed by atoms with Crippen LogP contribution >= 0.6 is 27.3 Å². The molecule has 0 bridgehead atoms. The molecule has 1 aromatic carbocycles. The van der Waals surface area contributed by atoms with Gasteiger partial charge in [-0.2, -0.15) is 0 Å². The number of hydrogen-bond donors (Lipinski definition) is 2. The van der Waals surface area contributed by atoms with E-state index in [0.29, 0.717) is 27.6 Å². The Morgan fingerprint density at radius 1 is 1.20 bits per heavy atom. The number of hydrogen-bond acceptors (Lipinski definition) is 9. The van der Waals surface area contributed by atoms with Crippen molar-refractivity contribution in [2.24, 2.45) is 0 Å². The molecule has 1 aliphatic heterocycles. The van der Waals surface area contributed by atoms with E-state index in [4.69, 9.17) is 4.74 Å². The van der Waals surface area contributed by atoms with Crippen molar-refractivity contribution in [3.05, 3.63) is 68.5 Å². The molecule has 1 amide bonds. The minimum absolute atomic E-state index is 0.124. The van der Waals surface area contributed by atoms with E-state index in [-0.39, 0.29) is 32.4 Å². The zero-order valence-corrected chi connectivity index (χ0v) is 21.1. The van der Waals surface area contributed by atoms with Crippen molar-refractivity contribution in [1.29, 1.82) is 0 Å². The number of halogens is 1. The van der Waals surface area contributed by atoms with Gasteiger partial charge in [-0.3, -0.25) is 18.9 Å². The van der Waals surface area contributed by atoms with Crippen molar-refractivity contribution < 1.29 is 24.5 Å². The molecule has 1 fully saturated rings. The summed E-state index contributed by atoms with van der Waals surface area (Å²) in [5, 5.41) is 30.7. The predicted octanol–water partition coefficient (Wildman–Crippen LogP) is 3.91. The standard InChI is InChI=1S/C23H18BrN5O5S/c1-10-17(28-7-5-4-6-15(28)25-10)20(31)16-18(12-8-13(24)19(30)14(9-12)34-3)29(22(33)21(16)32)23-27-26-11(2)35-23/h4-9,18,30-31H,1-3H3. The van der Waals surface area contributed by atoms with Gasteiger partial charge in [-0.15, -0.1) is 10.2 Å². The van der Waals surface area contributed by atoms with Crippen molar-refractivity contribution in [3.8, 4) is 11.5 Å². The number of ether oxygens (including phenoxy) is 1. The number of benzene rings is 1. The number of amides is 1. The van der Waals surface area contributed by atoms with E-state index in [2.05, 4.69) is 31.1 Å². The van der Waals surface area contributed by atoms with E-state index in [1.165, 1.54) is 18.1 Å². The van der Waals surface area contributed by atoms with Crippen LogP contribution in [0.5, 0.6) is 11.5 Å². The summed E-state index contributed by atoms with van der Waals surface area (Å²) >= 11 is 4.44. The van der Waals surface area contributed by atoms with Gasteiger partial charge >= 0.3 is 5.91 Å². The van der Waals surface area contributed by atoms with Crippen molar-refractivity contribution in [2.45, 2.75) is 19.9 Å². The molecule has 5 rings (SSSR count). The fourth-order valence-corrected chi connectivity index (χ4v) is 5.34. The van der Waals surface area contributed by atoms with Gasteiger partial charge in [0.05, 0.1) is 28.9 Å². The van der Waals surface area contributed by atoms with Crippen LogP contribution in [-0.2, 0) is 9.59 Å². The molecule has 12 heteroatoms. The molecular weight excluding hydrogens is 538 g/mol. The Hall–Kier alpha value is -3.77. The van der Waals surface area contributed by atoms with Crippen molar-refractivity contribution in [1.82, 2.24) is 19.6 Å². The Kier molecular flexibility index (Phi) is 5.56. The molecule has 4 heterocycles. The highest BCUT2D eigenvalue weighted by atomic mass is 79.9. The molecule has 0 spiro atoms. The van der Waals surface area contributed by atoms with Gasteiger partial charge in [0.1, 0.15) is 16.3 Å². The number of Topliss-reactive ketones (excluding diaryl/α,β-unsaturated/α-hetero) is 1. The summed E-state index contributed by atoms with van der Waals surface area (Å²) in [5.41, 5.74) is 1.62. The van der Waals surface area contributed by atoms with Gasteiger partial charge < -0.3 is 14.9 Å². The summed E-state index contributed by atoms with van der Waals surface area (Å²) in [4.78, 5) is 32.4. The molecule has 3 aromatic heterocycles. The van der Waals surface area contributed by atoms with Crippen LogP contribution in [0.2, 0.25) is 0 Å². The first kappa shape index (κ1) is 23.0. The van der Waals surface area contributed by atoms with Crippen LogP contribution in [0.1, 0.15) is 28.0 Å². The normalized spacial score (nSPS) is 17.5. The molecule has 0 aliphatic carbocycles. The highest BCUT2D eigenvalue weighted by Gasteiger charge is 2.49. The van der Waals surface area contributed by atoms with Gasteiger partial charge in [0, 0.05) is 6.20 Å². The maximum absolute atomic E-state index is 13.4. The lowest BCUT2D eigenvalue weighted by molar-refractivity contribution is -0.132. The summed E-state index contributed by atoms with van der Waals surface area (Å²) in [7, 11) is 1.39. The van der Waals surface area contributed by atoms with E-state index in [9.17, 15) is 19.8 Å². The molecular formula is C23H18BrN5O5S. The zero-order valence-electron chi connectivity index (χ0n) is 18.7. The lowest BCUT2D eigenvalue weighted by atomic mass is 9.96. The second-order valence-electron chi connectivity index (χ2n) is 7.80. The summed E-state index contributed by atoms with van der Waals surface area (Å²) in [6.45, 7) is 3.44. The summed E-state index contributed by atoms with van der Waals surface area (Å²) in [6, 6.07) is 7.35. The van der Waals surface area contributed by atoms with Crippen LogP contribution in [0.15, 0.2) is 46.6 Å². The molecule has 35 heavy (non-hydrogen) atoms. The quantitative estimate of drug-likeness (QED) is 0.220. The number of anilines is 1.